The Morgan fingerprint density at radius 1 is 1.09 bits per heavy atom. The van der Waals surface area contributed by atoms with E-state index < -0.39 is 0 Å². The van der Waals surface area contributed by atoms with E-state index in [4.69, 9.17) is 4.74 Å². The van der Waals surface area contributed by atoms with Crippen molar-refractivity contribution in [2.45, 2.75) is 25.7 Å². The van der Waals surface area contributed by atoms with Gasteiger partial charge in [0.1, 0.15) is 5.75 Å². The number of methoxy groups -OCH3 is 1. The van der Waals surface area contributed by atoms with Crippen LogP contribution in [0.2, 0.25) is 0 Å². The highest BCUT2D eigenvalue weighted by atomic mass is 32.2. The molecule has 0 spiro atoms. The molecule has 0 aliphatic rings. The fraction of sp³-hybridized carbons (Fsp3) is 0.278. The first-order chi connectivity index (χ1) is 10.5. The predicted molar refractivity (Wildman–Crippen MR) is 93.4 cm³/mol. The molecule has 4 heteroatoms. The molecule has 0 aliphatic carbocycles. The van der Waals surface area contributed by atoms with Crippen LogP contribution in [-0.2, 0) is 0 Å². The molecule has 0 aromatic heterocycles. The van der Waals surface area contributed by atoms with Crippen LogP contribution in [0.15, 0.2) is 35.2 Å². The van der Waals surface area contributed by atoms with Crippen molar-refractivity contribution in [3.63, 3.8) is 0 Å². The molecule has 2 aromatic carbocycles. The fourth-order valence-electron chi connectivity index (χ4n) is 2.54. The number of carbonyl (C=O) groups is 1. The van der Waals surface area contributed by atoms with E-state index in [0.717, 1.165) is 21.7 Å². The molecule has 116 valence electrons. The summed E-state index contributed by atoms with van der Waals surface area (Å²) in [6.45, 7) is 6.06. The lowest BCUT2D eigenvalue weighted by Gasteiger charge is -2.14. The van der Waals surface area contributed by atoms with Crippen molar-refractivity contribution in [2.75, 3.05) is 18.7 Å². The first kappa shape index (κ1) is 16.4. The number of amides is 1. The van der Waals surface area contributed by atoms with E-state index in [2.05, 4.69) is 24.4 Å². The zero-order valence-corrected chi connectivity index (χ0v) is 14.4. The highest BCUT2D eigenvalue weighted by Crippen LogP contribution is 2.28. The lowest BCUT2D eigenvalue weighted by molar-refractivity contribution is 0.102. The third-order valence-corrected chi connectivity index (χ3v) is 4.29. The standard InChI is InChI=1S/C18H21NO2S/c1-11-8-12(2)17(13(3)9-11)19-18(20)15-7-6-14(22-5)10-16(15)21-4/h6-10H,1-5H3,(H,19,20). The number of thioether (sulfide) groups is 1. The van der Waals surface area contributed by atoms with Gasteiger partial charge in [-0.25, -0.2) is 0 Å². The second-order valence-electron chi connectivity index (χ2n) is 5.29. The van der Waals surface area contributed by atoms with E-state index in [1.165, 1.54) is 5.56 Å². The van der Waals surface area contributed by atoms with Crippen molar-refractivity contribution in [3.05, 3.63) is 52.6 Å². The summed E-state index contributed by atoms with van der Waals surface area (Å²) in [5, 5.41) is 3.01. The molecule has 3 nitrogen and oxygen atoms in total. The van der Waals surface area contributed by atoms with E-state index in [-0.39, 0.29) is 5.91 Å². The van der Waals surface area contributed by atoms with Gasteiger partial charge in [0.05, 0.1) is 12.7 Å². The van der Waals surface area contributed by atoms with Crippen LogP contribution >= 0.6 is 11.8 Å². The average molecular weight is 315 g/mol. The molecule has 0 fully saturated rings. The van der Waals surface area contributed by atoms with Crippen LogP contribution in [-0.4, -0.2) is 19.3 Å². The SMILES string of the molecule is COc1cc(SC)ccc1C(=O)Nc1c(C)cc(C)cc1C. The van der Waals surface area contributed by atoms with Crippen molar-refractivity contribution < 1.29 is 9.53 Å². The van der Waals surface area contributed by atoms with Gasteiger partial charge in [-0.15, -0.1) is 11.8 Å². The first-order valence-corrected chi connectivity index (χ1v) is 8.30. The average Bonchev–Trinajstić information content (AvgIpc) is 2.49. The molecule has 2 rings (SSSR count). The second-order valence-corrected chi connectivity index (χ2v) is 6.17. The molecule has 0 atom stereocenters. The second kappa shape index (κ2) is 6.88. The zero-order chi connectivity index (χ0) is 16.3. The molecule has 0 saturated carbocycles. The molecule has 1 amide bonds. The molecule has 2 aromatic rings. The van der Waals surface area contributed by atoms with Gasteiger partial charge in [-0.3, -0.25) is 4.79 Å². The molecule has 0 saturated heterocycles. The number of aryl methyl sites for hydroxylation is 3. The third-order valence-electron chi connectivity index (χ3n) is 3.57. The summed E-state index contributed by atoms with van der Waals surface area (Å²) in [4.78, 5) is 13.7. The van der Waals surface area contributed by atoms with E-state index in [0.29, 0.717) is 11.3 Å². The van der Waals surface area contributed by atoms with Crippen LogP contribution in [0.1, 0.15) is 27.0 Å². The van der Waals surface area contributed by atoms with E-state index in [9.17, 15) is 4.79 Å². The lowest BCUT2D eigenvalue weighted by Crippen LogP contribution is -2.15. The predicted octanol–water partition coefficient (Wildman–Crippen LogP) is 4.59. The molecular formula is C18H21NO2S. The van der Waals surface area contributed by atoms with Gasteiger partial charge in [0.25, 0.3) is 5.91 Å². The highest BCUT2D eigenvalue weighted by Gasteiger charge is 2.15. The fourth-order valence-corrected chi connectivity index (χ4v) is 2.97. The van der Waals surface area contributed by atoms with Crippen LogP contribution in [0.25, 0.3) is 0 Å². The topological polar surface area (TPSA) is 38.3 Å². The maximum Gasteiger partial charge on any atom is 0.259 e. The molecular weight excluding hydrogens is 294 g/mol. The molecule has 0 aliphatic heterocycles. The summed E-state index contributed by atoms with van der Waals surface area (Å²) in [6.07, 6.45) is 1.99. The number of hydrogen-bond acceptors (Lipinski definition) is 3. The normalized spacial score (nSPS) is 10.4. The maximum atomic E-state index is 12.6. The van der Waals surface area contributed by atoms with Crippen LogP contribution < -0.4 is 10.1 Å². The largest absolute Gasteiger partial charge is 0.496 e. The molecule has 0 radical (unpaired) electrons. The van der Waals surface area contributed by atoms with Gasteiger partial charge in [0.2, 0.25) is 0 Å². The number of ether oxygens (including phenoxy) is 1. The Bertz CT molecular complexity index is 687. The quantitative estimate of drug-likeness (QED) is 0.838. The van der Waals surface area contributed by atoms with Crippen molar-refractivity contribution in [1.82, 2.24) is 0 Å². The van der Waals surface area contributed by atoms with Crippen molar-refractivity contribution >= 4 is 23.4 Å². The van der Waals surface area contributed by atoms with Crippen molar-refractivity contribution in [3.8, 4) is 5.75 Å². The molecule has 0 unspecified atom stereocenters. The van der Waals surface area contributed by atoms with Crippen LogP contribution in [0.3, 0.4) is 0 Å². The van der Waals surface area contributed by atoms with Gasteiger partial charge in [-0.05, 0) is 56.4 Å². The van der Waals surface area contributed by atoms with E-state index in [1.54, 1.807) is 24.9 Å². The van der Waals surface area contributed by atoms with E-state index in [1.807, 2.05) is 32.2 Å². The summed E-state index contributed by atoms with van der Waals surface area (Å²) < 4.78 is 5.35. The smallest absolute Gasteiger partial charge is 0.259 e. The zero-order valence-electron chi connectivity index (χ0n) is 13.6. The Balaban J connectivity index is 2.34. The van der Waals surface area contributed by atoms with Crippen LogP contribution in [0.4, 0.5) is 5.69 Å². The number of rotatable bonds is 4. The monoisotopic (exact) mass is 315 g/mol. The summed E-state index contributed by atoms with van der Waals surface area (Å²) in [5.41, 5.74) is 4.72. The molecule has 0 bridgehead atoms. The Kier molecular flexibility index (Phi) is 5.14. The summed E-state index contributed by atoms with van der Waals surface area (Å²) >= 11 is 1.62. The summed E-state index contributed by atoms with van der Waals surface area (Å²) in [6, 6.07) is 9.75. The van der Waals surface area contributed by atoms with Gasteiger partial charge in [-0.2, -0.15) is 0 Å². The maximum absolute atomic E-state index is 12.6. The van der Waals surface area contributed by atoms with Gasteiger partial charge in [0.15, 0.2) is 0 Å². The number of nitrogens with one attached hydrogen (secondary N) is 1. The number of anilines is 1. The lowest BCUT2D eigenvalue weighted by atomic mass is 10.0. The number of benzene rings is 2. The summed E-state index contributed by atoms with van der Waals surface area (Å²) in [7, 11) is 1.58. The van der Waals surface area contributed by atoms with Gasteiger partial charge in [-0.1, -0.05) is 17.7 Å². The van der Waals surface area contributed by atoms with Gasteiger partial charge >= 0.3 is 0 Å². The van der Waals surface area contributed by atoms with Crippen molar-refractivity contribution in [2.24, 2.45) is 0 Å². The number of carbonyl (C=O) groups excluding carboxylic acids is 1. The third kappa shape index (κ3) is 3.45. The highest BCUT2D eigenvalue weighted by molar-refractivity contribution is 7.98. The first-order valence-electron chi connectivity index (χ1n) is 7.07. The molecule has 0 heterocycles. The minimum Gasteiger partial charge on any atom is -0.496 e. The summed E-state index contributed by atoms with van der Waals surface area (Å²) in [5.74, 6) is 0.436. The Labute approximate surface area is 136 Å². The van der Waals surface area contributed by atoms with E-state index >= 15 is 0 Å². The van der Waals surface area contributed by atoms with Crippen LogP contribution in [0, 0.1) is 20.8 Å². The Hall–Kier alpha value is -1.94. The molecule has 22 heavy (non-hydrogen) atoms. The minimum absolute atomic E-state index is 0.153. The number of hydrogen-bond donors (Lipinski definition) is 1. The Morgan fingerprint density at radius 2 is 1.73 bits per heavy atom. The van der Waals surface area contributed by atoms with Gasteiger partial charge in [0, 0.05) is 10.6 Å². The molecule has 1 N–H and O–H groups in total. The van der Waals surface area contributed by atoms with Crippen LogP contribution in [0.5, 0.6) is 5.75 Å². The van der Waals surface area contributed by atoms with Gasteiger partial charge < -0.3 is 10.1 Å². The Morgan fingerprint density at radius 3 is 2.27 bits per heavy atom. The van der Waals surface area contributed by atoms with Crippen molar-refractivity contribution in [1.29, 1.82) is 0 Å². The minimum atomic E-state index is -0.153.